The summed E-state index contributed by atoms with van der Waals surface area (Å²) in [5.41, 5.74) is 7.95. The zero-order chi connectivity index (χ0) is 26.4. The molecule has 1 aliphatic carbocycles. The number of ether oxygens (including phenoxy) is 2. The standard InChI is InChI=1S/C29H31FN4O4/c1-37-22-12-20-3-2-19(14-25(20)32-15-22)18-4-7-23(24(30)13-18)27(28(31)36)33-10-8-29(9-11-33)17-34(21-5-6-21)26(35)16-38-29/h2-4,7,12-15,21,27H,5-6,8-11,16-17H2,1H3,(H2,31,36). The monoisotopic (exact) mass is 518 g/mol. The molecule has 9 heteroatoms. The van der Waals surface area contributed by atoms with Gasteiger partial charge in [-0.25, -0.2) is 4.39 Å². The van der Waals surface area contributed by atoms with Crippen LogP contribution in [0.5, 0.6) is 5.75 Å². The second-order valence-electron chi connectivity index (χ2n) is 10.6. The number of halogens is 1. The third-order valence-electron chi connectivity index (χ3n) is 8.14. The van der Waals surface area contributed by atoms with Crippen LogP contribution in [0, 0.1) is 5.82 Å². The number of rotatable bonds is 6. The number of carbonyl (C=O) groups is 2. The zero-order valence-corrected chi connectivity index (χ0v) is 21.4. The highest BCUT2D eigenvalue weighted by molar-refractivity contribution is 5.85. The molecule has 3 aromatic rings. The number of piperidine rings is 1. The van der Waals surface area contributed by atoms with Crippen molar-refractivity contribution in [3.8, 4) is 16.9 Å². The van der Waals surface area contributed by atoms with Crippen LogP contribution in [0.25, 0.3) is 22.0 Å². The maximum Gasteiger partial charge on any atom is 0.248 e. The second kappa shape index (κ2) is 9.63. The summed E-state index contributed by atoms with van der Waals surface area (Å²) in [7, 11) is 1.59. The number of methoxy groups -OCH3 is 1. The number of likely N-dealkylation sites (tertiary alicyclic amines) is 1. The molecule has 0 bridgehead atoms. The Hall–Kier alpha value is -3.56. The lowest BCUT2D eigenvalue weighted by atomic mass is 9.87. The van der Waals surface area contributed by atoms with Crippen LogP contribution in [0.2, 0.25) is 0 Å². The smallest absolute Gasteiger partial charge is 0.248 e. The number of primary amides is 1. The van der Waals surface area contributed by atoms with Gasteiger partial charge >= 0.3 is 0 Å². The van der Waals surface area contributed by atoms with Gasteiger partial charge in [0.25, 0.3) is 0 Å². The quantitative estimate of drug-likeness (QED) is 0.537. The average molecular weight is 519 g/mol. The number of aromatic nitrogens is 1. The van der Waals surface area contributed by atoms with Gasteiger partial charge in [0.15, 0.2) is 0 Å². The van der Waals surface area contributed by atoms with Crippen molar-refractivity contribution in [1.29, 1.82) is 0 Å². The van der Waals surface area contributed by atoms with Crippen LogP contribution in [0.3, 0.4) is 0 Å². The minimum atomic E-state index is -0.878. The summed E-state index contributed by atoms with van der Waals surface area (Å²) >= 11 is 0. The van der Waals surface area contributed by atoms with E-state index in [1.165, 1.54) is 6.07 Å². The van der Waals surface area contributed by atoms with Crippen LogP contribution in [0.15, 0.2) is 48.7 Å². The minimum absolute atomic E-state index is 0.0552. The van der Waals surface area contributed by atoms with Crippen molar-refractivity contribution in [2.24, 2.45) is 5.73 Å². The van der Waals surface area contributed by atoms with E-state index < -0.39 is 23.4 Å². The lowest BCUT2D eigenvalue weighted by Gasteiger charge is -2.48. The molecular weight excluding hydrogens is 487 g/mol. The number of pyridine rings is 1. The van der Waals surface area contributed by atoms with Gasteiger partial charge in [-0.15, -0.1) is 0 Å². The van der Waals surface area contributed by atoms with Gasteiger partial charge in [-0.3, -0.25) is 19.5 Å². The Balaban J connectivity index is 1.20. The summed E-state index contributed by atoms with van der Waals surface area (Å²) in [6.45, 7) is 1.74. The number of fused-ring (bicyclic) bond motifs is 1. The molecule has 3 aliphatic rings. The highest BCUT2D eigenvalue weighted by Crippen LogP contribution is 2.38. The van der Waals surface area contributed by atoms with Gasteiger partial charge in [-0.05, 0) is 55.0 Å². The fourth-order valence-electron chi connectivity index (χ4n) is 5.80. The number of carbonyl (C=O) groups excluding carboxylic acids is 2. The Morgan fingerprint density at radius 3 is 2.58 bits per heavy atom. The molecule has 6 rings (SSSR count). The Morgan fingerprint density at radius 2 is 1.89 bits per heavy atom. The van der Waals surface area contributed by atoms with E-state index in [0.717, 1.165) is 29.3 Å². The van der Waals surface area contributed by atoms with Gasteiger partial charge in [-0.2, -0.15) is 0 Å². The van der Waals surface area contributed by atoms with Gasteiger partial charge in [0.2, 0.25) is 11.8 Å². The van der Waals surface area contributed by atoms with Crippen molar-refractivity contribution in [3.63, 3.8) is 0 Å². The van der Waals surface area contributed by atoms with Crippen molar-refractivity contribution in [2.45, 2.75) is 43.4 Å². The number of amides is 2. The number of nitrogens with two attached hydrogens (primary N) is 1. The normalized spacial score (nSPS) is 20.6. The third-order valence-corrected chi connectivity index (χ3v) is 8.14. The Bertz CT molecular complexity index is 1400. The van der Waals surface area contributed by atoms with Crippen LogP contribution in [-0.2, 0) is 14.3 Å². The number of nitrogens with zero attached hydrogens (tertiary/aromatic N) is 3. The lowest BCUT2D eigenvalue weighted by molar-refractivity contribution is -0.173. The Morgan fingerprint density at radius 1 is 1.16 bits per heavy atom. The maximum absolute atomic E-state index is 15.5. The number of hydrogen-bond acceptors (Lipinski definition) is 6. The Kier molecular flexibility index (Phi) is 6.28. The van der Waals surface area contributed by atoms with E-state index in [2.05, 4.69) is 4.98 Å². The predicted molar refractivity (Wildman–Crippen MR) is 140 cm³/mol. The zero-order valence-electron chi connectivity index (χ0n) is 21.4. The van der Waals surface area contributed by atoms with E-state index in [9.17, 15) is 9.59 Å². The number of morpholine rings is 1. The van der Waals surface area contributed by atoms with Crippen molar-refractivity contribution in [2.75, 3.05) is 33.4 Å². The minimum Gasteiger partial charge on any atom is -0.495 e. The Labute approximate surface area is 220 Å². The molecule has 1 spiro atoms. The summed E-state index contributed by atoms with van der Waals surface area (Å²) < 4.78 is 26.8. The SMILES string of the molecule is COc1cnc2cc(-c3ccc(C(C(N)=O)N4CCC5(CC4)CN(C4CC4)C(=O)CO5)c(F)c3)ccc2c1. The van der Waals surface area contributed by atoms with Gasteiger partial charge in [-0.1, -0.05) is 24.3 Å². The number of benzene rings is 2. The van der Waals surface area contributed by atoms with E-state index in [1.54, 1.807) is 19.4 Å². The molecule has 2 aromatic carbocycles. The van der Waals surface area contributed by atoms with E-state index in [-0.39, 0.29) is 18.1 Å². The first kappa shape index (κ1) is 24.8. The van der Waals surface area contributed by atoms with Crippen molar-refractivity contribution in [3.05, 3.63) is 60.0 Å². The molecule has 2 aliphatic heterocycles. The van der Waals surface area contributed by atoms with Gasteiger partial charge in [0, 0.05) is 30.1 Å². The molecule has 3 fully saturated rings. The molecule has 2 N–H and O–H groups in total. The van der Waals surface area contributed by atoms with E-state index in [0.29, 0.717) is 49.8 Å². The van der Waals surface area contributed by atoms with Gasteiger partial charge < -0.3 is 20.1 Å². The molecule has 2 amide bonds. The topological polar surface area (TPSA) is 98.0 Å². The van der Waals surface area contributed by atoms with Crippen LogP contribution >= 0.6 is 0 Å². The largest absolute Gasteiger partial charge is 0.495 e. The fourth-order valence-corrected chi connectivity index (χ4v) is 5.80. The van der Waals surface area contributed by atoms with Crippen LogP contribution in [0.1, 0.15) is 37.3 Å². The molecule has 2 saturated heterocycles. The maximum atomic E-state index is 15.5. The van der Waals surface area contributed by atoms with Crippen molar-refractivity contribution >= 4 is 22.7 Å². The summed E-state index contributed by atoms with van der Waals surface area (Å²) in [6, 6.07) is 12.0. The van der Waals surface area contributed by atoms with Crippen molar-refractivity contribution < 1.29 is 23.5 Å². The van der Waals surface area contributed by atoms with Gasteiger partial charge in [0.1, 0.15) is 24.2 Å². The van der Waals surface area contributed by atoms with Crippen LogP contribution in [0.4, 0.5) is 4.39 Å². The average Bonchev–Trinajstić information content (AvgIpc) is 3.77. The molecule has 3 heterocycles. The van der Waals surface area contributed by atoms with E-state index in [4.69, 9.17) is 15.2 Å². The molecular formula is C29H31FN4O4. The van der Waals surface area contributed by atoms with Crippen molar-refractivity contribution in [1.82, 2.24) is 14.8 Å². The molecule has 1 unspecified atom stereocenters. The van der Waals surface area contributed by atoms with E-state index >= 15 is 4.39 Å². The first-order valence-corrected chi connectivity index (χ1v) is 13.1. The fraction of sp³-hybridized carbons (Fsp3) is 0.414. The highest BCUT2D eigenvalue weighted by Gasteiger charge is 2.47. The summed E-state index contributed by atoms with van der Waals surface area (Å²) in [5.74, 6) is -0.338. The van der Waals surface area contributed by atoms with Gasteiger partial charge in [0.05, 0.1) is 31.0 Å². The van der Waals surface area contributed by atoms with E-state index in [1.807, 2.05) is 40.1 Å². The first-order chi connectivity index (χ1) is 18.4. The molecule has 198 valence electrons. The van der Waals surface area contributed by atoms with Crippen LogP contribution < -0.4 is 10.5 Å². The predicted octanol–water partition coefficient (Wildman–Crippen LogP) is 3.43. The molecule has 8 nitrogen and oxygen atoms in total. The number of hydrogen-bond donors (Lipinski definition) is 1. The molecule has 1 atom stereocenters. The first-order valence-electron chi connectivity index (χ1n) is 13.1. The lowest BCUT2D eigenvalue weighted by Crippen LogP contribution is -2.60. The summed E-state index contributed by atoms with van der Waals surface area (Å²) in [4.78, 5) is 33.2. The highest BCUT2D eigenvalue weighted by atomic mass is 19.1. The molecule has 1 saturated carbocycles. The summed E-state index contributed by atoms with van der Waals surface area (Å²) in [6.07, 6.45) is 5.06. The molecule has 38 heavy (non-hydrogen) atoms. The third kappa shape index (κ3) is 4.61. The second-order valence-corrected chi connectivity index (χ2v) is 10.6. The summed E-state index contributed by atoms with van der Waals surface area (Å²) in [5, 5.41) is 0.924. The molecule has 1 aromatic heterocycles. The molecule has 0 radical (unpaired) electrons. The van der Waals surface area contributed by atoms with Crippen LogP contribution in [-0.4, -0.2) is 71.6 Å².